The zero-order chi connectivity index (χ0) is 26.4. The van der Waals surface area contributed by atoms with Gasteiger partial charge in [0.15, 0.2) is 5.13 Å². The van der Waals surface area contributed by atoms with Gasteiger partial charge in [0.05, 0.1) is 5.39 Å². The van der Waals surface area contributed by atoms with Crippen LogP contribution < -0.4 is 16.0 Å². The maximum absolute atomic E-state index is 12.1. The molecule has 3 N–H and O–H groups in total. The van der Waals surface area contributed by atoms with Crippen LogP contribution in [-0.2, 0) is 6.42 Å². The Labute approximate surface area is 228 Å². The molecular weight excluding hydrogens is 508 g/mol. The van der Waals surface area contributed by atoms with E-state index in [-0.39, 0.29) is 6.03 Å². The van der Waals surface area contributed by atoms with E-state index in [1.165, 1.54) is 17.7 Å². The lowest BCUT2D eigenvalue weighted by molar-refractivity contribution is 0.262. The van der Waals surface area contributed by atoms with Gasteiger partial charge in [0.25, 0.3) is 0 Å². The monoisotopic (exact) mass is 532 g/mol. The predicted octanol–water partition coefficient (Wildman–Crippen LogP) is 7.31. The molecule has 3 heterocycles. The first kappa shape index (κ1) is 24.3. The first-order chi connectivity index (χ1) is 19.2. The van der Waals surface area contributed by atoms with Crippen molar-refractivity contribution in [3.8, 4) is 22.5 Å². The van der Waals surface area contributed by atoms with Gasteiger partial charge < -0.3 is 15.1 Å². The number of furan rings is 1. The zero-order valence-electron chi connectivity index (χ0n) is 20.8. The summed E-state index contributed by atoms with van der Waals surface area (Å²) < 4.78 is 6.29. The maximum atomic E-state index is 12.1. The Kier molecular flexibility index (Phi) is 6.96. The van der Waals surface area contributed by atoms with Crippen LogP contribution in [0, 0.1) is 0 Å². The van der Waals surface area contributed by atoms with Crippen molar-refractivity contribution in [1.82, 2.24) is 15.0 Å². The van der Waals surface area contributed by atoms with Crippen LogP contribution >= 0.6 is 11.3 Å². The molecule has 0 atom stereocenters. The Balaban J connectivity index is 1.19. The summed E-state index contributed by atoms with van der Waals surface area (Å²) in [5, 5.41) is 12.2. The Bertz CT molecular complexity index is 1690. The molecule has 0 aliphatic rings. The SMILES string of the molecule is O=C(Nc1ccc(CCNc2ncnc3oc(-c4ccccc4)c(-c4ccccc4)c23)cc1)Nc1nccs1. The second-order valence-electron chi connectivity index (χ2n) is 8.73. The Morgan fingerprint density at radius 2 is 1.56 bits per heavy atom. The molecular formula is C30H24N6O2S. The van der Waals surface area contributed by atoms with Crippen molar-refractivity contribution < 1.29 is 9.21 Å². The van der Waals surface area contributed by atoms with E-state index in [4.69, 9.17) is 4.42 Å². The average Bonchev–Trinajstić information content (AvgIpc) is 3.63. The number of hydrogen-bond acceptors (Lipinski definition) is 7. The van der Waals surface area contributed by atoms with Crippen LogP contribution in [0.4, 0.5) is 21.4 Å². The number of amides is 2. The topological polar surface area (TPSA) is 105 Å². The quantitative estimate of drug-likeness (QED) is 0.190. The highest BCUT2D eigenvalue weighted by molar-refractivity contribution is 7.13. The van der Waals surface area contributed by atoms with Crippen LogP contribution in [0.25, 0.3) is 33.6 Å². The Morgan fingerprint density at radius 3 is 2.28 bits per heavy atom. The van der Waals surface area contributed by atoms with Gasteiger partial charge in [-0.25, -0.2) is 19.7 Å². The number of nitrogens with one attached hydrogen (secondary N) is 3. The first-order valence-electron chi connectivity index (χ1n) is 12.4. The lowest BCUT2D eigenvalue weighted by Gasteiger charge is -2.09. The fourth-order valence-corrected chi connectivity index (χ4v) is 4.89. The van der Waals surface area contributed by atoms with Crippen molar-refractivity contribution >= 4 is 45.1 Å². The highest BCUT2D eigenvalue weighted by Gasteiger charge is 2.21. The van der Waals surface area contributed by atoms with E-state index >= 15 is 0 Å². The third kappa shape index (κ3) is 5.48. The molecule has 0 bridgehead atoms. The maximum Gasteiger partial charge on any atom is 0.325 e. The molecule has 6 rings (SSSR count). The van der Waals surface area contributed by atoms with E-state index < -0.39 is 0 Å². The summed E-state index contributed by atoms with van der Waals surface area (Å²) in [6.45, 7) is 0.656. The summed E-state index contributed by atoms with van der Waals surface area (Å²) in [5.74, 6) is 1.49. The van der Waals surface area contributed by atoms with Crippen molar-refractivity contribution in [1.29, 1.82) is 0 Å². The number of anilines is 3. The summed E-state index contributed by atoms with van der Waals surface area (Å²) >= 11 is 1.37. The fraction of sp³-hybridized carbons (Fsp3) is 0.0667. The van der Waals surface area contributed by atoms with Gasteiger partial charge in [0, 0.05) is 34.9 Å². The lowest BCUT2D eigenvalue weighted by atomic mass is 9.99. The van der Waals surface area contributed by atoms with E-state index in [1.807, 2.05) is 78.2 Å². The highest BCUT2D eigenvalue weighted by Crippen LogP contribution is 2.42. The van der Waals surface area contributed by atoms with Crippen molar-refractivity contribution in [3.63, 3.8) is 0 Å². The van der Waals surface area contributed by atoms with E-state index in [0.29, 0.717) is 23.1 Å². The van der Waals surface area contributed by atoms with Gasteiger partial charge in [0.1, 0.15) is 17.9 Å². The second-order valence-corrected chi connectivity index (χ2v) is 9.63. The number of nitrogens with zero attached hydrogens (tertiary/aromatic N) is 3. The molecule has 0 saturated heterocycles. The zero-order valence-corrected chi connectivity index (χ0v) is 21.6. The van der Waals surface area contributed by atoms with E-state index in [1.54, 1.807) is 6.20 Å². The molecule has 0 aliphatic heterocycles. The van der Waals surface area contributed by atoms with Gasteiger partial charge in [-0.05, 0) is 29.7 Å². The summed E-state index contributed by atoms with van der Waals surface area (Å²) in [4.78, 5) is 25.2. The number of carbonyl (C=O) groups excluding carboxylic acids is 1. The molecule has 0 spiro atoms. The molecule has 39 heavy (non-hydrogen) atoms. The molecule has 9 heteroatoms. The second kappa shape index (κ2) is 11.2. The minimum Gasteiger partial charge on any atom is -0.437 e. The van der Waals surface area contributed by atoms with Crippen LogP contribution in [-0.4, -0.2) is 27.5 Å². The third-order valence-corrected chi connectivity index (χ3v) is 6.85. The molecule has 192 valence electrons. The molecule has 0 aliphatic carbocycles. The van der Waals surface area contributed by atoms with Crippen LogP contribution in [0.5, 0.6) is 0 Å². The van der Waals surface area contributed by atoms with Crippen LogP contribution in [0.3, 0.4) is 0 Å². The van der Waals surface area contributed by atoms with Gasteiger partial charge >= 0.3 is 6.03 Å². The number of carbonyl (C=O) groups is 1. The minimum absolute atomic E-state index is 0.323. The van der Waals surface area contributed by atoms with Crippen LogP contribution in [0.15, 0.2) is 107 Å². The van der Waals surface area contributed by atoms with Crippen molar-refractivity contribution in [2.75, 3.05) is 22.5 Å². The van der Waals surface area contributed by atoms with Crippen LogP contribution in [0.1, 0.15) is 5.56 Å². The lowest BCUT2D eigenvalue weighted by Crippen LogP contribution is -2.19. The summed E-state index contributed by atoms with van der Waals surface area (Å²) in [6, 6.07) is 27.7. The minimum atomic E-state index is -0.323. The molecule has 0 fully saturated rings. The van der Waals surface area contributed by atoms with Crippen molar-refractivity contribution in [3.05, 3.63) is 108 Å². The van der Waals surface area contributed by atoms with Gasteiger partial charge in [-0.15, -0.1) is 11.3 Å². The number of aromatic nitrogens is 3. The molecule has 0 unspecified atom stereocenters. The molecule has 2 amide bonds. The first-order valence-corrected chi connectivity index (χ1v) is 13.3. The number of thiazole rings is 1. The summed E-state index contributed by atoms with van der Waals surface area (Å²) in [6.07, 6.45) is 3.93. The Hall–Kier alpha value is -5.02. The van der Waals surface area contributed by atoms with E-state index in [0.717, 1.165) is 45.6 Å². The molecule has 8 nitrogen and oxygen atoms in total. The van der Waals surface area contributed by atoms with Crippen molar-refractivity contribution in [2.45, 2.75) is 6.42 Å². The Morgan fingerprint density at radius 1 is 0.821 bits per heavy atom. The molecule has 3 aromatic carbocycles. The normalized spacial score (nSPS) is 10.9. The average molecular weight is 533 g/mol. The van der Waals surface area contributed by atoms with Gasteiger partial charge in [-0.2, -0.15) is 0 Å². The smallest absolute Gasteiger partial charge is 0.325 e. The number of hydrogen-bond donors (Lipinski definition) is 3. The van der Waals surface area contributed by atoms with Gasteiger partial charge in [-0.1, -0.05) is 72.8 Å². The summed E-state index contributed by atoms with van der Waals surface area (Å²) in [5.41, 5.74) is 5.35. The molecule has 0 radical (unpaired) electrons. The van der Waals surface area contributed by atoms with Crippen molar-refractivity contribution in [2.24, 2.45) is 0 Å². The largest absolute Gasteiger partial charge is 0.437 e. The number of rotatable bonds is 8. The summed E-state index contributed by atoms with van der Waals surface area (Å²) in [7, 11) is 0. The predicted molar refractivity (Wildman–Crippen MR) is 156 cm³/mol. The molecule has 3 aromatic heterocycles. The van der Waals surface area contributed by atoms with E-state index in [2.05, 4.69) is 43.0 Å². The standard InChI is InChI=1S/C30H24N6O2S/c37-29(36-30-32-17-18-39-30)35-23-13-11-20(12-14-23)15-16-31-27-25-24(21-7-3-1-4-8-21)26(22-9-5-2-6-10-22)38-28(25)34-19-33-27/h1-14,17-19H,15-16H2,(H,31,33,34)(H2,32,35,36,37). The molecule has 6 aromatic rings. The van der Waals surface area contributed by atoms with Gasteiger partial charge in [-0.3, -0.25) is 5.32 Å². The van der Waals surface area contributed by atoms with E-state index in [9.17, 15) is 4.79 Å². The number of urea groups is 1. The number of benzene rings is 3. The fourth-order valence-electron chi connectivity index (χ4n) is 4.37. The number of fused-ring (bicyclic) bond motifs is 1. The highest BCUT2D eigenvalue weighted by atomic mass is 32.1. The molecule has 0 saturated carbocycles. The third-order valence-electron chi connectivity index (χ3n) is 6.16. The van der Waals surface area contributed by atoms with Crippen LogP contribution in [0.2, 0.25) is 0 Å². The van der Waals surface area contributed by atoms with Gasteiger partial charge in [0.2, 0.25) is 5.71 Å².